The van der Waals surface area contributed by atoms with Gasteiger partial charge in [-0.15, -0.1) is 0 Å². The highest BCUT2D eigenvalue weighted by Crippen LogP contribution is 2.29. The second-order valence-electron chi connectivity index (χ2n) is 5.60. The molecular weight excluding hydrogens is 353 g/mol. The number of hydrogen-bond acceptors (Lipinski definition) is 4. The standard InChI is InChI=1S/C17H15F3N2O4/c1-10-2-3-12(8-14(10)22(25)26)16(24)21-9-15(23)11-4-6-13(7-5-11)17(18,19)20/h2-8,15,23H,9H2,1H3,(H,21,24). The third kappa shape index (κ3) is 4.57. The molecule has 0 aliphatic rings. The van der Waals surface area contributed by atoms with Gasteiger partial charge in [-0.05, 0) is 30.7 Å². The second kappa shape index (κ2) is 7.52. The minimum atomic E-state index is -4.47. The Morgan fingerprint density at radius 3 is 2.38 bits per heavy atom. The third-order valence-corrected chi connectivity index (χ3v) is 3.75. The second-order valence-corrected chi connectivity index (χ2v) is 5.60. The predicted octanol–water partition coefficient (Wildman–Crippen LogP) is 3.39. The minimum Gasteiger partial charge on any atom is -0.387 e. The Morgan fingerprint density at radius 1 is 1.23 bits per heavy atom. The van der Waals surface area contributed by atoms with E-state index in [0.29, 0.717) is 5.56 Å². The summed E-state index contributed by atoms with van der Waals surface area (Å²) in [5, 5.41) is 23.3. The van der Waals surface area contributed by atoms with Crippen molar-refractivity contribution in [3.8, 4) is 0 Å². The number of aliphatic hydroxyl groups is 1. The molecular formula is C17H15F3N2O4. The van der Waals surface area contributed by atoms with Gasteiger partial charge in [0, 0.05) is 23.7 Å². The van der Waals surface area contributed by atoms with Crippen LogP contribution in [0.2, 0.25) is 0 Å². The Bertz CT molecular complexity index is 820. The molecule has 0 aliphatic carbocycles. The molecule has 138 valence electrons. The molecule has 0 bridgehead atoms. The molecule has 0 radical (unpaired) electrons. The van der Waals surface area contributed by atoms with Crippen LogP contribution in [0.15, 0.2) is 42.5 Å². The van der Waals surface area contributed by atoms with Crippen LogP contribution in [0.1, 0.15) is 33.2 Å². The molecule has 1 atom stereocenters. The number of nitro groups is 1. The van der Waals surface area contributed by atoms with Crippen molar-refractivity contribution in [2.24, 2.45) is 0 Å². The van der Waals surface area contributed by atoms with Crippen molar-refractivity contribution in [2.45, 2.75) is 19.2 Å². The van der Waals surface area contributed by atoms with Gasteiger partial charge in [0.2, 0.25) is 0 Å². The van der Waals surface area contributed by atoms with Crippen LogP contribution in [0.4, 0.5) is 18.9 Å². The smallest absolute Gasteiger partial charge is 0.387 e. The lowest BCUT2D eigenvalue weighted by Crippen LogP contribution is -2.28. The summed E-state index contributed by atoms with van der Waals surface area (Å²) in [5.74, 6) is -0.640. The quantitative estimate of drug-likeness (QED) is 0.625. The van der Waals surface area contributed by atoms with Gasteiger partial charge in [0.25, 0.3) is 11.6 Å². The highest BCUT2D eigenvalue weighted by atomic mass is 19.4. The van der Waals surface area contributed by atoms with Crippen molar-refractivity contribution >= 4 is 11.6 Å². The van der Waals surface area contributed by atoms with E-state index in [1.807, 2.05) is 0 Å². The number of alkyl halides is 3. The van der Waals surface area contributed by atoms with E-state index in [1.165, 1.54) is 19.1 Å². The van der Waals surface area contributed by atoms with Crippen LogP contribution < -0.4 is 5.32 Å². The fourth-order valence-electron chi connectivity index (χ4n) is 2.25. The first-order valence-electron chi connectivity index (χ1n) is 7.48. The van der Waals surface area contributed by atoms with Gasteiger partial charge >= 0.3 is 6.18 Å². The van der Waals surface area contributed by atoms with Crippen LogP contribution in [-0.4, -0.2) is 22.5 Å². The van der Waals surface area contributed by atoms with E-state index in [2.05, 4.69) is 5.32 Å². The molecule has 2 aromatic rings. The number of rotatable bonds is 5. The van der Waals surface area contributed by atoms with Crippen LogP contribution in [0.25, 0.3) is 0 Å². The number of nitrogens with zero attached hydrogens (tertiary/aromatic N) is 1. The molecule has 0 heterocycles. The number of carbonyl (C=O) groups excluding carboxylic acids is 1. The maximum Gasteiger partial charge on any atom is 0.416 e. The highest BCUT2D eigenvalue weighted by Gasteiger charge is 2.30. The summed E-state index contributed by atoms with van der Waals surface area (Å²) in [6.07, 6.45) is -5.70. The van der Waals surface area contributed by atoms with Gasteiger partial charge in [0.15, 0.2) is 0 Å². The fourth-order valence-corrected chi connectivity index (χ4v) is 2.25. The van der Waals surface area contributed by atoms with E-state index in [1.54, 1.807) is 0 Å². The topological polar surface area (TPSA) is 92.5 Å². The summed E-state index contributed by atoms with van der Waals surface area (Å²) in [4.78, 5) is 22.4. The molecule has 26 heavy (non-hydrogen) atoms. The van der Waals surface area contributed by atoms with Crippen molar-refractivity contribution in [1.29, 1.82) is 0 Å². The molecule has 1 unspecified atom stereocenters. The van der Waals surface area contributed by atoms with E-state index in [-0.39, 0.29) is 23.4 Å². The van der Waals surface area contributed by atoms with Crippen LogP contribution in [0.5, 0.6) is 0 Å². The molecule has 0 fully saturated rings. The number of nitrogens with one attached hydrogen (secondary N) is 1. The first kappa shape index (κ1) is 19.4. The van der Waals surface area contributed by atoms with Crippen molar-refractivity contribution in [1.82, 2.24) is 5.32 Å². The largest absolute Gasteiger partial charge is 0.416 e. The molecule has 0 saturated carbocycles. The first-order valence-corrected chi connectivity index (χ1v) is 7.48. The zero-order chi connectivity index (χ0) is 19.5. The number of hydrogen-bond donors (Lipinski definition) is 2. The van der Waals surface area contributed by atoms with Gasteiger partial charge < -0.3 is 10.4 Å². The number of aryl methyl sites for hydroxylation is 1. The minimum absolute atomic E-state index is 0.0434. The van der Waals surface area contributed by atoms with Crippen molar-refractivity contribution in [2.75, 3.05) is 6.54 Å². The fraction of sp³-hybridized carbons (Fsp3) is 0.235. The van der Waals surface area contributed by atoms with Gasteiger partial charge in [0.05, 0.1) is 16.6 Å². The average Bonchev–Trinajstić information content (AvgIpc) is 2.58. The summed E-state index contributed by atoms with van der Waals surface area (Å²) in [6, 6.07) is 7.87. The number of aliphatic hydroxyl groups excluding tert-OH is 1. The first-order chi connectivity index (χ1) is 12.1. The number of amides is 1. The molecule has 0 spiro atoms. The molecule has 9 heteroatoms. The summed E-state index contributed by atoms with van der Waals surface area (Å²) >= 11 is 0. The summed E-state index contributed by atoms with van der Waals surface area (Å²) in [7, 11) is 0. The Kier molecular flexibility index (Phi) is 5.61. The molecule has 6 nitrogen and oxygen atoms in total. The molecule has 2 rings (SSSR count). The molecule has 2 aromatic carbocycles. The zero-order valence-electron chi connectivity index (χ0n) is 13.6. The normalized spacial score (nSPS) is 12.5. The lowest BCUT2D eigenvalue weighted by molar-refractivity contribution is -0.385. The molecule has 2 N–H and O–H groups in total. The van der Waals surface area contributed by atoms with Crippen molar-refractivity contribution in [3.05, 3.63) is 74.8 Å². The van der Waals surface area contributed by atoms with E-state index in [9.17, 15) is 33.2 Å². The maximum absolute atomic E-state index is 12.5. The van der Waals surface area contributed by atoms with Crippen molar-refractivity contribution < 1.29 is 28.0 Å². The maximum atomic E-state index is 12.5. The molecule has 1 amide bonds. The van der Waals surface area contributed by atoms with Crippen LogP contribution >= 0.6 is 0 Å². The number of benzene rings is 2. The van der Waals surface area contributed by atoms with Crippen LogP contribution in [0.3, 0.4) is 0 Å². The summed E-state index contributed by atoms with van der Waals surface area (Å²) in [6.45, 7) is 1.28. The SMILES string of the molecule is Cc1ccc(C(=O)NCC(O)c2ccc(C(F)(F)F)cc2)cc1[N+](=O)[O-]. The monoisotopic (exact) mass is 368 g/mol. The van der Waals surface area contributed by atoms with Gasteiger partial charge in [-0.3, -0.25) is 14.9 Å². The molecule has 0 saturated heterocycles. The lowest BCUT2D eigenvalue weighted by Gasteiger charge is -2.14. The van der Waals surface area contributed by atoms with Gasteiger partial charge in [-0.25, -0.2) is 0 Å². The Balaban J connectivity index is 2.03. The highest BCUT2D eigenvalue weighted by molar-refractivity contribution is 5.95. The zero-order valence-corrected chi connectivity index (χ0v) is 13.6. The molecule has 0 aromatic heterocycles. The number of nitro benzene ring substituents is 1. The number of halogens is 3. The summed E-state index contributed by atoms with van der Waals surface area (Å²) in [5.41, 5.74) is -0.406. The Hall–Kier alpha value is -2.94. The Morgan fingerprint density at radius 2 is 1.85 bits per heavy atom. The van der Waals surface area contributed by atoms with E-state index in [0.717, 1.165) is 30.3 Å². The van der Waals surface area contributed by atoms with E-state index < -0.39 is 28.7 Å². The Labute approximate surface area is 146 Å². The third-order valence-electron chi connectivity index (χ3n) is 3.75. The number of carbonyl (C=O) groups is 1. The predicted molar refractivity (Wildman–Crippen MR) is 86.6 cm³/mol. The van der Waals surface area contributed by atoms with E-state index in [4.69, 9.17) is 0 Å². The van der Waals surface area contributed by atoms with Crippen LogP contribution in [-0.2, 0) is 6.18 Å². The summed E-state index contributed by atoms with van der Waals surface area (Å²) < 4.78 is 37.5. The van der Waals surface area contributed by atoms with Crippen molar-refractivity contribution in [3.63, 3.8) is 0 Å². The van der Waals surface area contributed by atoms with Gasteiger partial charge in [0.1, 0.15) is 0 Å². The molecule has 0 aliphatic heterocycles. The van der Waals surface area contributed by atoms with E-state index >= 15 is 0 Å². The lowest BCUT2D eigenvalue weighted by atomic mass is 10.1. The van der Waals surface area contributed by atoms with Gasteiger partial charge in [-0.1, -0.05) is 18.2 Å². The van der Waals surface area contributed by atoms with Gasteiger partial charge in [-0.2, -0.15) is 13.2 Å². The average molecular weight is 368 g/mol. The van der Waals surface area contributed by atoms with Crippen LogP contribution in [0, 0.1) is 17.0 Å².